The molecule has 0 spiro atoms. The van der Waals surface area contributed by atoms with E-state index in [0.29, 0.717) is 0 Å². The lowest BCUT2D eigenvalue weighted by Gasteiger charge is -1.89. The summed E-state index contributed by atoms with van der Waals surface area (Å²) in [5, 5.41) is 16.4. The highest BCUT2D eigenvalue weighted by molar-refractivity contribution is 6.34. The van der Waals surface area contributed by atoms with E-state index in [1.807, 2.05) is 0 Å². The lowest BCUT2D eigenvalue weighted by atomic mass is 10.4. The first-order chi connectivity index (χ1) is 4.18. The van der Waals surface area contributed by atoms with Crippen molar-refractivity contribution in [3.63, 3.8) is 0 Å². The highest BCUT2D eigenvalue weighted by Crippen LogP contribution is 1.76. The van der Waals surface area contributed by atoms with Gasteiger partial charge in [-0.25, -0.2) is 4.79 Å². The Morgan fingerprint density at radius 2 is 2.22 bits per heavy atom. The van der Waals surface area contributed by atoms with E-state index in [2.05, 4.69) is 4.99 Å². The molecule has 0 aromatic carbocycles. The first-order valence-corrected chi connectivity index (χ1v) is 2.53. The molecule has 0 aromatic heterocycles. The van der Waals surface area contributed by atoms with Crippen LogP contribution < -0.4 is 0 Å². The number of hydrogen-bond donors (Lipinski definition) is 2. The Labute approximate surface area is 52.8 Å². The van der Waals surface area contributed by atoms with Crippen LogP contribution in [-0.4, -0.2) is 35.0 Å². The standard InChI is InChI=1S/C5H9NO3/c1-4(5(8)9)6-2-3-7/h7H,2-3H2,1H3,(H,8,9). The largest absolute Gasteiger partial charge is 0.477 e. The van der Waals surface area contributed by atoms with Gasteiger partial charge in [-0.05, 0) is 6.92 Å². The maximum absolute atomic E-state index is 9.99. The molecule has 0 aliphatic heterocycles. The van der Waals surface area contributed by atoms with Crippen LogP contribution in [0.5, 0.6) is 0 Å². The minimum absolute atomic E-state index is 0.0315. The van der Waals surface area contributed by atoms with Crippen molar-refractivity contribution < 1.29 is 15.0 Å². The molecule has 0 radical (unpaired) electrons. The SMILES string of the molecule is CC(=NCCO)C(=O)O. The van der Waals surface area contributed by atoms with E-state index in [0.717, 1.165) is 0 Å². The van der Waals surface area contributed by atoms with Gasteiger partial charge in [0.25, 0.3) is 0 Å². The molecule has 0 saturated carbocycles. The summed E-state index contributed by atoms with van der Waals surface area (Å²) in [7, 11) is 0. The van der Waals surface area contributed by atoms with E-state index in [4.69, 9.17) is 10.2 Å². The second kappa shape index (κ2) is 4.03. The fourth-order valence-corrected chi connectivity index (χ4v) is 0.285. The Kier molecular flexibility index (Phi) is 3.62. The average molecular weight is 131 g/mol. The molecule has 0 heterocycles. The van der Waals surface area contributed by atoms with Gasteiger partial charge in [0.05, 0.1) is 13.2 Å². The van der Waals surface area contributed by atoms with Gasteiger partial charge in [-0.2, -0.15) is 0 Å². The van der Waals surface area contributed by atoms with E-state index in [1.165, 1.54) is 6.92 Å². The summed E-state index contributed by atoms with van der Waals surface area (Å²) in [6.45, 7) is 1.45. The molecule has 0 amide bonds. The quantitative estimate of drug-likeness (QED) is 0.508. The Morgan fingerprint density at radius 1 is 1.67 bits per heavy atom. The van der Waals surface area contributed by atoms with Crippen LogP contribution >= 0.6 is 0 Å². The van der Waals surface area contributed by atoms with Crippen molar-refractivity contribution in [3.8, 4) is 0 Å². The lowest BCUT2D eigenvalue weighted by Crippen LogP contribution is -2.09. The third-order valence-electron chi connectivity index (χ3n) is 0.758. The predicted octanol–water partition coefficient (Wildman–Crippen LogP) is -0.476. The topological polar surface area (TPSA) is 69.9 Å². The lowest BCUT2D eigenvalue weighted by molar-refractivity contribution is -0.129. The van der Waals surface area contributed by atoms with E-state index in [-0.39, 0.29) is 18.9 Å². The molecule has 52 valence electrons. The Bertz CT molecular complexity index is 130. The van der Waals surface area contributed by atoms with Crippen molar-refractivity contribution in [3.05, 3.63) is 0 Å². The van der Waals surface area contributed by atoms with Gasteiger partial charge in [-0.15, -0.1) is 0 Å². The zero-order valence-electron chi connectivity index (χ0n) is 5.16. The minimum Gasteiger partial charge on any atom is -0.477 e. The number of nitrogens with zero attached hydrogens (tertiary/aromatic N) is 1. The molecule has 0 fully saturated rings. The normalized spacial score (nSPS) is 11.6. The van der Waals surface area contributed by atoms with Crippen molar-refractivity contribution in [2.75, 3.05) is 13.2 Å². The van der Waals surface area contributed by atoms with Crippen LogP contribution in [0.15, 0.2) is 4.99 Å². The summed E-state index contributed by atoms with van der Waals surface area (Å²) >= 11 is 0. The monoisotopic (exact) mass is 131 g/mol. The van der Waals surface area contributed by atoms with Crippen LogP contribution in [0.2, 0.25) is 0 Å². The summed E-state index contributed by atoms with van der Waals surface area (Å²) in [6.07, 6.45) is 0. The number of aliphatic hydroxyl groups excluding tert-OH is 1. The molecular formula is C5H9NO3. The maximum Gasteiger partial charge on any atom is 0.349 e. The van der Waals surface area contributed by atoms with Gasteiger partial charge in [0, 0.05) is 0 Å². The molecule has 0 aliphatic rings. The van der Waals surface area contributed by atoms with Crippen LogP contribution in [0.25, 0.3) is 0 Å². The molecule has 2 N–H and O–H groups in total. The number of carboxylic acid groups (broad SMARTS) is 1. The van der Waals surface area contributed by atoms with Crippen molar-refractivity contribution in [2.24, 2.45) is 4.99 Å². The van der Waals surface area contributed by atoms with Gasteiger partial charge in [-0.3, -0.25) is 4.99 Å². The van der Waals surface area contributed by atoms with Gasteiger partial charge in [0.2, 0.25) is 0 Å². The molecule has 0 unspecified atom stereocenters. The van der Waals surface area contributed by atoms with Crippen LogP contribution in [0, 0.1) is 0 Å². The van der Waals surface area contributed by atoms with Crippen molar-refractivity contribution in [1.29, 1.82) is 0 Å². The van der Waals surface area contributed by atoms with Gasteiger partial charge in [0.1, 0.15) is 5.71 Å². The Morgan fingerprint density at radius 3 is 2.56 bits per heavy atom. The van der Waals surface area contributed by atoms with Gasteiger partial charge in [0.15, 0.2) is 0 Å². The van der Waals surface area contributed by atoms with Gasteiger partial charge < -0.3 is 10.2 Å². The first kappa shape index (κ1) is 8.10. The zero-order chi connectivity index (χ0) is 7.28. The zero-order valence-corrected chi connectivity index (χ0v) is 5.16. The fraction of sp³-hybridized carbons (Fsp3) is 0.600. The molecule has 0 aromatic rings. The third-order valence-corrected chi connectivity index (χ3v) is 0.758. The van der Waals surface area contributed by atoms with E-state index in [1.54, 1.807) is 0 Å². The Hall–Kier alpha value is -0.900. The summed E-state index contributed by atoms with van der Waals surface area (Å²) in [5.41, 5.74) is 0.0315. The van der Waals surface area contributed by atoms with Gasteiger partial charge >= 0.3 is 5.97 Å². The first-order valence-electron chi connectivity index (χ1n) is 2.53. The molecule has 0 rings (SSSR count). The van der Waals surface area contributed by atoms with Crippen LogP contribution in [0.4, 0.5) is 0 Å². The molecule has 4 heteroatoms. The molecule has 0 bridgehead atoms. The number of rotatable bonds is 3. The number of aliphatic hydroxyl groups is 1. The van der Waals surface area contributed by atoms with E-state index in [9.17, 15) is 4.79 Å². The molecule has 0 aliphatic carbocycles. The van der Waals surface area contributed by atoms with E-state index >= 15 is 0 Å². The minimum atomic E-state index is -1.04. The maximum atomic E-state index is 9.99. The van der Waals surface area contributed by atoms with Crippen LogP contribution in [0.1, 0.15) is 6.92 Å². The summed E-state index contributed by atoms with van der Waals surface area (Å²) < 4.78 is 0. The fourth-order valence-electron chi connectivity index (χ4n) is 0.285. The smallest absolute Gasteiger partial charge is 0.349 e. The van der Waals surface area contributed by atoms with Gasteiger partial charge in [-0.1, -0.05) is 0 Å². The van der Waals surface area contributed by atoms with Crippen LogP contribution in [0.3, 0.4) is 0 Å². The molecule has 4 nitrogen and oxygen atoms in total. The number of hydrogen-bond acceptors (Lipinski definition) is 3. The second-order valence-corrected chi connectivity index (χ2v) is 1.50. The highest BCUT2D eigenvalue weighted by atomic mass is 16.4. The number of carboxylic acids is 1. The summed E-state index contributed by atoms with van der Waals surface area (Å²) in [6, 6.07) is 0. The van der Waals surface area contributed by atoms with Crippen molar-refractivity contribution in [1.82, 2.24) is 0 Å². The molecule has 0 atom stereocenters. The van der Waals surface area contributed by atoms with Crippen molar-refractivity contribution >= 4 is 11.7 Å². The molecule has 0 saturated heterocycles. The number of carbonyl (C=O) groups is 1. The summed E-state index contributed by atoms with van der Waals surface area (Å²) in [4.78, 5) is 13.5. The average Bonchev–Trinajstić information content (AvgIpc) is 1.82. The molecular weight excluding hydrogens is 122 g/mol. The van der Waals surface area contributed by atoms with Crippen LogP contribution in [-0.2, 0) is 4.79 Å². The van der Waals surface area contributed by atoms with E-state index < -0.39 is 5.97 Å². The number of aliphatic carboxylic acids is 1. The third kappa shape index (κ3) is 3.66. The highest BCUT2D eigenvalue weighted by Gasteiger charge is 1.98. The Balaban J connectivity index is 3.69. The predicted molar refractivity (Wildman–Crippen MR) is 32.7 cm³/mol. The molecule has 9 heavy (non-hydrogen) atoms. The number of aliphatic imine (C=N–C) groups is 1. The summed E-state index contributed by atoms with van der Waals surface area (Å²) in [5.74, 6) is -1.04. The van der Waals surface area contributed by atoms with Crippen molar-refractivity contribution in [2.45, 2.75) is 6.92 Å². The second-order valence-electron chi connectivity index (χ2n) is 1.50.